The second-order valence-electron chi connectivity index (χ2n) is 5.20. The van der Waals surface area contributed by atoms with E-state index in [9.17, 15) is 5.11 Å². The van der Waals surface area contributed by atoms with Crippen molar-refractivity contribution in [2.24, 2.45) is 0 Å². The van der Waals surface area contributed by atoms with Crippen molar-refractivity contribution in [2.45, 2.75) is 26.0 Å². The molecule has 0 amide bonds. The number of halogens is 2. The molecule has 0 aliphatic rings. The third kappa shape index (κ3) is 3.52. The van der Waals surface area contributed by atoms with Crippen LogP contribution in [0.4, 0.5) is 5.69 Å². The van der Waals surface area contributed by atoms with Crippen molar-refractivity contribution in [1.82, 2.24) is 0 Å². The lowest BCUT2D eigenvalue weighted by Crippen LogP contribution is -2.22. The quantitative estimate of drug-likeness (QED) is 0.831. The fourth-order valence-electron chi connectivity index (χ4n) is 2.30. The SMILES string of the molecule is CC(O)c1ccc(N(C)C(C)c2ccccc2Cl)c(Cl)c1. The van der Waals surface area contributed by atoms with Crippen LogP contribution >= 0.6 is 23.2 Å². The van der Waals surface area contributed by atoms with Gasteiger partial charge in [-0.2, -0.15) is 0 Å². The number of anilines is 1. The standard InChI is InChI=1S/C17H19Cl2NO/c1-11(14-6-4-5-7-15(14)18)20(3)17-9-8-13(12(2)21)10-16(17)19/h4-12,21H,1-3H3. The summed E-state index contributed by atoms with van der Waals surface area (Å²) < 4.78 is 0. The van der Waals surface area contributed by atoms with Gasteiger partial charge < -0.3 is 10.0 Å². The molecule has 2 atom stereocenters. The lowest BCUT2D eigenvalue weighted by atomic mass is 10.1. The smallest absolute Gasteiger partial charge is 0.0762 e. The van der Waals surface area contributed by atoms with Gasteiger partial charge in [-0.3, -0.25) is 0 Å². The molecule has 0 radical (unpaired) electrons. The van der Waals surface area contributed by atoms with E-state index in [1.54, 1.807) is 13.0 Å². The molecule has 112 valence electrons. The highest BCUT2D eigenvalue weighted by molar-refractivity contribution is 6.33. The van der Waals surface area contributed by atoms with Crippen molar-refractivity contribution in [3.8, 4) is 0 Å². The summed E-state index contributed by atoms with van der Waals surface area (Å²) in [5.41, 5.74) is 2.77. The molecule has 0 aromatic heterocycles. The topological polar surface area (TPSA) is 23.5 Å². The highest BCUT2D eigenvalue weighted by Crippen LogP contribution is 2.35. The zero-order valence-electron chi connectivity index (χ0n) is 12.3. The Hall–Kier alpha value is -1.22. The Morgan fingerprint density at radius 2 is 1.67 bits per heavy atom. The third-order valence-corrected chi connectivity index (χ3v) is 4.42. The molecule has 2 unspecified atom stereocenters. The van der Waals surface area contributed by atoms with Gasteiger partial charge in [0.2, 0.25) is 0 Å². The monoisotopic (exact) mass is 323 g/mol. The van der Waals surface area contributed by atoms with Gasteiger partial charge in [-0.1, -0.05) is 47.5 Å². The van der Waals surface area contributed by atoms with Crippen LogP contribution in [0.15, 0.2) is 42.5 Å². The third-order valence-electron chi connectivity index (χ3n) is 3.77. The molecule has 0 fully saturated rings. The molecule has 0 aliphatic heterocycles. The van der Waals surface area contributed by atoms with Crippen LogP contribution in [0.5, 0.6) is 0 Å². The van der Waals surface area contributed by atoms with E-state index in [1.165, 1.54) is 0 Å². The van der Waals surface area contributed by atoms with Crippen molar-refractivity contribution in [2.75, 3.05) is 11.9 Å². The minimum atomic E-state index is -0.525. The maximum absolute atomic E-state index is 9.61. The average Bonchev–Trinajstić information content (AvgIpc) is 2.46. The summed E-state index contributed by atoms with van der Waals surface area (Å²) in [6.07, 6.45) is -0.525. The van der Waals surface area contributed by atoms with Crippen LogP contribution in [0.1, 0.15) is 37.1 Å². The lowest BCUT2D eigenvalue weighted by molar-refractivity contribution is 0.199. The molecule has 2 aromatic rings. The first-order valence-electron chi connectivity index (χ1n) is 6.86. The van der Waals surface area contributed by atoms with Gasteiger partial charge in [0.15, 0.2) is 0 Å². The molecule has 2 nitrogen and oxygen atoms in total. The maximum atomic E-state index is 9.61. The van der Waals surface area contributed by atoms with Gasteiger partial charge in [-0.25, -0.2) is 0 Å². The van der Waals surface area contributed by atoms with Crippen molar-refractivity contribution in [3.63, 3.8) is 0 Å². The molecule has 0 heterocycles. The second kappa shape index (κ2) is 6.69. The number of hydrogen-bond donors (Lipinski definition) is 1. The van der Waals surface area contributed by atoms with Crippen LogP contribution in [0.3, 0.4) is 0 Å². The molecule has 0 saturated carbocycles. The first-order chi connectivity index (χ1) is 9.91. The molecule has 2 rings (SSSR count). The van der Waals surface area contributed by atoms with Gasteiger partial charge in [-0.15, -0.1) is 0 Å². The Morgan fingerprint density at radius 3 is 2.24 bits per heavy atom. The minimum Gasteiger partial charge on any atom is -0.389 e. The van der Waals surface area contributed by atoms with E-state index in [0.29, 0.717) is 5.02 Å². The highest BCUT2D eigenvalue weighted by Gasteiger charge is 2.17. The van der Waals surface area contributed by atoms with Crippen molar-refractivity contribution < 1.29 is 5.11 Å². The van der Waals surface area contributed by atoms with Gasteiger partial charge in [-0.05, 0) is 43.2 Å². The molecule has 21 heavy (non-hydrogen) atoms. The summed E-state index contributed by atoms with van der Waals surface area (Å²) in [5.74, 6) is 0. The van der Waals surface area contributed by atoms with Crippen molar-refractivity contribution in [3.05, 3.63) is 63.6 Å². The van der Waals surface area contributed by atoms with E-state index in [1.807, 2.05) is 43.4 Å². The predicted molar refractivity (Wildman–Crippen MR) is 90.4 cm³/mol. The molecule has 2 aromatic carbocycles. The Morgan fingerprint density at radius 1 is 1.00 bits per heavy atom. The van der Waals surface area contributed by atoms with Gasteiger partial charge in [0.05, 0.1) is 22.9 Å². The molecule has 0 bridgehead atoms. The van der Waals surface area contributed by atoms with Crippen LogP contribution in [0, 0.1) is 0 Å². The fourth-order valence-corrected chi connectivity index (χ4v) is 2.92. The van der Waals surface area contributed by atoms with E-state index in [4.69, 9.17) is 23.2 Å². The lowest BCUT2D eigenvalue weighted by Gasteiger charge is -2.29. The van der Waals surface area contributed by atoms with Crippen molar-refractivity contribution in [1.29, 1.82) is 0 Å². The number of nitrogens with zero attached hydrogens (tertiary/aromatic N) is 1. The van der Waals surface area contributed by atoms with Crippen LogP contribution in [0.25, 0.3) is 0 Å². The predicted octanol–water partition coefficient (Wildman–Crippen LogP) is 5.24. The Kier molecular flexibility index (Phi) is 5.15. The molecular weight excluding hydrogens is 305 g/mol. The summed E-state index contributed by atoms with van der Waals surface area (Å²) >= 11 is 12.6. The number of aliphatic hydroxyl groups is 1. The molecule has 0 aliphatic carbocycles. The molecule has 0 spiro atoms. The minimum absolute atomic E-state index is 0.0913. The number of benzene rings is 2. The maximum Gasteiger partial charge on any atom is 0.0762 e. The van der Waals surface area contributed by atoms with E-state index >= 15 is 0 Å². The van der Waals surface area contributed by atoms with Gasteiger partial charge in [0.1, 0.15) is 0 Å². The first kappa shape index (κ1) is 16.2. The van der Waals surface area contributed by atoms with E-state index in [-0.39, 0.29) is 6.04 Å². The number of rotatable bonds is 4. The van der Waals surface area contributed by atoms with Gasteiger partial charge >= 0.3 is 0 Å². The largest absolute Gasteiger partial charge is 0.389 e. The average molecular weight is 324 g/mol. The molecule has 1 N–H and O–H groups in total. The zero-order chi connectivity index (χ0) is 15.6. The van der Waals surface area contributed by atoms with Gasteiger partial charge in [0.25, 0.3) is 0 Å². The van der Waals surface area contributed by atoms with Crippen LogP contribution in [-0.4, -0.2) is 12.2 Å². The van der Waals surface area contributed by atoms with Gasteiger partial charge in [0, 0.05) is 12.1 Å². The molecular formula is C17H19Cl2NO. The van der Waals surface area contributed by atoms with E-state index in [2.05, 4.69) is 11.8 Å². The molecule has 4 heteroatoms. The van der Waals surface area contributed by atoms with Crippen LogP contribution < -0.4 is 4.90 Å². The summed E-state index contributed by atoms with van der Waals surface area (Å²) in [4.78, 5) is 2.08. The van der Waals surface area contributed by atoms with Crippen LogP contribution in [-0.2, 0) is 0 Å². The highest BCUT2D eigenvalue weighted by atomic mass is 35.5. The van der Waals surface area contributed by atoms with Crippen LogP contribution in [0.2, 0.25) is 10.0 Å². The normalized spacial score (nSPS) is 13.8. The second-order valence-corrected chi connectivity index (χ2v) is 6.01. The first-order valence-corrected chi connectivity index (χ1v) is 7.62. The summed E-state index contributed by atoms with van der Waals surface area (Å²) in [7, 11) is 1.98. The van der Waals surface area contributed by atoms with E-state index in [0.717, 1.165) is 21.8 Å². The summed E-state index contributed by atoms with van der Waals surface area (Å²) in [6, 6.07) is 13.5. The summed E-state index contributed by atoms with van der Waals surface area (Å²) in [6.45, 7) is 3.81. The fraction of sp³-hybridized carbons (Fsp3) is 0.294. The Balaban J connectivity index is 2.32. The van der Waals surface area contributed by atoms with E-state index < -0.39 is 6.10 Å². The summed E-state index contributed by atoms with van der Waals surface area (Å²) in [5, 5.41) is 11.0. The van der Waals surface area contributed by atoms with Crippen molar-refractivity contribution >= 4 is 28.9 Å². The Labute approximate surface area is 135 Å². The molecule has 0 saturated heterocycles. The number of aliphatic hydroxyl groups excluding tert-OH is 1. The zero-order valence-corrected chi connectivity index (χ0v) is 13.9. The number of hydrogen-bond acceptors (Lipinski definition) is 2. The Bertz CT molecular complexity index is 628.